The van der Waals surface area contributed by atoms with E-state index >= 15 is 0 Å². The number of ether oxygens (including phenoxy) is 9. The fraction of sp³-hybridized carbons (Fsp3) is 0.385. The average molecular weight is 815 g/mol. The number of fused-ring (bicyclic) bond motifs is 1. The molecule has 19 heteroatoms. The number of methoxy groups -OCH3 is 4. The molecule has 2 aliphatic rings. The van der Waals surface area contributed by atoms with Gasteiger partial charge in [-0.15, -0.1) is 0 Å². The van der Waals surface area contributed by atoms with E-state index in [-0.39, 0.29) is 62.3 Å². The number of phenolic OH excluding ortho intramolecular Hbond substituents is 2. The first-order valence-electron chi connectivity index (χ1n) is 17.5. The highest BCUT2D eigenvalue weighted by atomic mass is 16.7. The molecule has 7 N–H and O–H groups in total. The molecular weight excluding hydrogens is 772 g/mol. The standard InChI is InChI=1S/C39H42O19/c1-49-23-11-20(22(41)12-24(23)50-2)21-14-53-25-13-26(34(51-3)35(52-4)29(25)30(21)43)57-37-33(46)32(45)31(44)27(58-37)15-54-38-36(47)39(48,17-56-38)16-55-28(42)10-7-18-5-8-19(40)9-6-18/h5-14,27,31-33,36-38,40-41,44-48H,15-17H2,1-4H3/b10-7+/t27-,31-,32+,33-,36+,37-,38-,39-/m1/s1. The van der Waals surface area contributed by atoms with E-state index < -0.39 is 79.9 Å². The van der Waals surface area contributed by atoms with Crippen molar-refractivity contribution in [3.05, 3.63) is 70.6 Å². The van der Waals surface area contributed by atoms with Gasteiger partial charge < -0.3 is 82.8 Å². The van der Waals surface area contributed by atoms with Gasteiger partial charge in [-0.3, -0.25) is 4.79 Å². The van der Waals surface area contributed by atoms with Crippen LogP contribution in [0, 0.1) is 0 Å². The Hall–Kier alpha value is -5.64. The summed E-state index contributed by atoms with van der Waals surface area (Å²) in [5, 5.41) is 74.2. The summed E-state index contributed by atoms with van der Waals surface area (Å²) in [6, 6.07) is 9.91. The van der Waals surface area contributed by atoms with Crippen molar-refractivity contribution in [3.8, 4) is 51.4 Å². The maximum atomic E-state index is 13.9. The molecule has 8 atom stereocenters. The summed E-state index contributed by atoms with van der Waals surface area (Å²) in [5.41, 5.74) is -2.21. The molecule has 0 unspecified atom stereocenters. The first-order chi connectivity index (χ1) is 27.7. The van der Waals surface area contributed by atoms with Gasteiger partial charge in [-0.25, -0.2) is 4.79 Å². The Balaban J connectivity index is 1.16. The third-order valence-corrected chi connectivity index (χ3v) is 9.55. The molecule has 2 aliphatic heterocycles. The third-order valence-electron chi connectivity index (χ3n) is 9.55. The lowest BCUT2D eigenvalue weighted by Crippen LogP contribution is -2.60. The fourth-order valence-electron chi connectivity index (χ4n) is 6.34. The lowest BCUT2D eigenvalue weighted by Gasteiger charge is -2.40. The number of aromatic hydroxyl groups is 2. The van der Waals surface area contributed by atoms with Crippen LogP contribution < -0.4 is 29.1 Å². The summed E-state index contributed by atoms with van der Waals surface area (Å²) in [6.07, 6.45) is -8.21. The summed E-state index contributed by atoms with van der Waals surface area (Å²) >= 11 is 0. The van der Waals surface area contributed by atoms with Gasteiger partial charge in [-0.05, 0) is 29.8 Å². The van der Waals surface area contributed by atoms with Gasteiger partial charge in [0, 0.05) is 23.8 Å². The summed E-state index contributed by atoms with van der Waals surface area (Å²) in [4.78, 5) is 26.2. The van der Waals surface area contributed by atoms with Crippen LogP contribution >= 0.6 is 0 Å². The Labute approximate surface area is 329 Å². The molecule has 0 bridgehead atoms. The van der Waals surface area contributed by atoms with Crippen LogP contribution in [0.4, 0.5) is 0 Å². The van der Waals surface area contributed by atoms with Gasteiger partial charge in [-0.1, -0.05) is 12.1 Å². The molecule has 0 radical (unpaired) electrons. The topological polar surface area (TPSA) is 272 Å². The van der Waals surface area contributed by atoms with Crippen LogP contribution in [0.5, 0.6) is 40.2 Å². The summed E-state index contributed by atoms with van der Waals surface area (Å²) in [6.45, 7) is -1.75. The Kier molecular flexibility index (Phi) is 12.6. The molecule has 2 fully saturated rings. The summed E-state index contributed by atoms with van der Waals surface area (Å²) in [7, 11) is 5.27. The Morgan fingerprint density at radius 1 is 0.845 bits per heavy atom. The minimum atomic E-state index is -2.08. The number of esters is 1. The highest BCUT2D eigenvalue weighted by molar-refractivity contribution is 5.92. The van der Waals surface area contributed by atoms with E-state index in [2.05, 4.69) is 0 Å². The van der Waals surface area contributed by atoms with E-state index in [1.54, 1.807) is 12.1 Å². The van der Waals surface area contributed by atoms with Crippen LogP contribution in [-0.4, -0.2) is 139 Å². The van der Waals surface area contributed by atoms with Gasteiger partial charge in [0.05, 0.1) is 47.2 Å². The summed E-state index contributed by atoms with van der Waals surface area (Å²) < 4.78 is 55.2. The number of hydrogen-bond acceptors (Lipinski definition) is 19. The first-order valence-corrected chi connectivity index (χ1v) is 17.5. The smallest absolute Gasteiger partial charge is 0.330 e. The molecule has 0 aliphatic carbocycles. The fourth-order valence-corrected chi connectivity index (χ4v) is 6.34. The quantitative estimate of drug-likeness (QED) is 0.0686. The maximum absolute atomic E-state index is 13.9. The largest absolute Gasteiger partial charge is 0.508 e. The number of phenols is 2. The molecule has 58 heavy (non-hydrogen) atoms. The molecule has 3 aromatic carbocycles. The molecule has 3 heterocycles. The number of hydrogen-bond donors (Lipinski definition) is 7. The van der Waals surface area contributed by atoms with E-state index in [1.165, 1.54) is 64.8 Å². The second-order valence-corrected chi connectivity index (χ2v) is 13.2. The molecule has 0 saturated carbocycles. The van der Waals surface area contributed by atoms with Crippen molar-refractivity contribution in [3.63, 3.8) is 0 Å². The lowest BCUT2D eigenvalue weighted by molar-refractivity contribution is -0.289. The molecule has 312 valence electrons. The van der Waals surface area contributed by atoms with Crippen molar-refractivity contribution in [2.24, 2.45) is 0 Å². The molecular formula is C39H42O19. The number of carbonyl (C=O) groups is 1. The van der Waals surface area contributed by atoms with Crippen molar-refractivity contribution >= 4 is 23.0 Å². The molecule has 6 rings (SSSR count). The van der Waals surface area contributed by atoms with Crippen LogP contribution in [-0.2, 0) is 23.7 Å². The molecule has 0 spiro atoms. The normalized spacial score (nSPS) is 25.8. The van der Waals surface area contributed by atoms with E-state index in [0.717, 1.165) is 12.3 Å². The van der Waals surface area contributed by atoms with Crippen LogP contribution in [0.3, 0.4) is 0 Å². The molecule has 2 saturated heterocycles. The van der Waals surface area contributed by atoms with Gasteiger partial charge in [0.15, 0.2) is 34.9 Å². The number of rotatable bonds is 14. The number of benzene rings is 3. The van der Waals surface area contributed by atoms with Crippen molar-refractivity contribution < 1.29 is 87.6 Å². The van der Waals surface area contributed by atoms with Gasteiger partial charge in [0.2, 0.25) is 17.5 Å². The first kappa shape index (κ1) is 42.0. The van der Waals surface area contributed by atoms with E-state index in [4.69, 9.17) is 47.0 Å². The zero-order chi connectivity index (χ0) is 41.9. The van der Waals surface area contributed by atoms with Crippen molar-refractivity contribution in [1.82, 2.24) is 0 Å². The maximum Gasteiger partial charge on any atom is 0.330 e. The Morgan fingerprint density at radius 3 is 2.21 bits per heavy atom. The number of aliphatic hydroxyl groups excluding tert-OH is 4. The van der Waals surface area contributed by atoms with Gasteiger partial charge in [0.1, 0.15) is 65.9 Å². The van der Waals surface area contributed by atoms with E-state index in [9.17, 15) is 45.3 Å². The molecule has 1 aromatic heterocycles. The van der Waals surface area contributed by atoms with Crippen LogP contribution in [0.25, 0.3) is 28.2 Å². The molecule has 0 amide bonds. The van der Waals surface area contributed by atoms with Gasteiger partial charge >= 0.3 is 5.97 Å². The van der Waals surface area contributed by atoms with E-state index in [1.807, 2.05) is 0 Å². The highest BCUT2D eigenvalue weighted by Gasteiger charge is 2.51. The van der Waals surface area contributed by atoms with Gasteiger partial charge in [-0.2, -0.15) is 0 Å². The van der Waals surface area contributed by atoms with Crippen LogP contribution in [0.2, 0.25) is 0 Å². The number of carbonyl (C=O) groups excluding carboxylic acids is 1. The monoisotopic (exact) mass is 814 g/mol. The van der Waals surface area contributed by atoms with Crippen molar-refractivity contribution in [2.75, 3.05) is 48.3 Å². The average Bonchev–Trinajstić information content (AvgIpc) is 3.51. The van der Waals surface area contributed by atoms with Crippen molar-refractivity contribution in [2.45, 2.75) is 48.7 Å². The SMILES string of the molecule is COc1cc(O)c(-c2coc3cc(O[C@@H]4O[C@H](CO[C@@H]5OC[C@](O)(COC(=O)/C=C/c6ccc(O)cc6)[C@H]5O)[C@@H](O)[C@H](O)[C@H]4O)c(OC)c(OC)c3c2=O)cc1OC. The second kappa shape index (κ2) is 17.5. The second-order valence-electron chi connectivity index (χ2n) is 13.2. The Morgan fingerprint density at radius 2 is 1.53 bits per heavy atom. The third kappa shape index (κ3) is 8.33. The zero-order valence-corrected chi connectivity index (χ0v) is 31.5. The predicted molar refractivity (Wildman–Crippen MR) is 198 cm³/mol. The lowest BCUT2D eigenvalue weighted by atomic mass is 9.99. The Bertz CT molecular complexity index is 2180. The van der Waals surface area contributed by atoms with Gasteiger partial charge in [0.25, 0.3) is 0 Å². The summed E-state index contributed by atoms with van der Waals surface area (Å²) in [5.74, 6) is -1.14. The van der Waals surface area contributed by atoms with Crippen molar-refractivity contribution in [1.29, 1.82) is 0 Å². The highest BCUT2D eigenvalue weighted by Crippen LogP contribution is 2.45. The van der Waals surface area contributed by atoms with E-state index in [0.29, 0.717) is 5.56 Å². The number of aliphatic hydroxyl groups is 5. The minimum Gasteiger partial charge on any atom is -0.508 e. The zero-order valence-electron chi connectivity index (χ0n) is 31.5. The van der Waals surface area contributed by atoms with Crippen LogP contribution in [0.1, 0.15) is 5.56 Å². The molecule has 4 aromatic rings. The molecule has 19 nitrogen and oxygen atoms in total. The van der Waals surface area contributed by atoms with Crippen LogP contribution in [0.15, 0.2) is 64.0 Å². The predicted octanol–water partition coefficient (Wildman–Crippen LogP) is 0.813. The minimum absolute atomic E-state index is 0.0490.